The average molecular weight is 342 g/mol. The fourth-order valence-electron chi connectivity index (χ4n) is 2.57. The molecule has 0 heterocycles. The zero-order valence-corrected chi connectivity index (χ0v) is 13.6. The molecule has 0 bridgehead atoms. The number of nitrogens with one attached hydrogen (secondary N) is 1. The number of aromatic carboxylic acids is 1. The maximum absolute atomic E-state index is 12.4. The molecular formula is C21H14N2O3. The molecule has 5 nitrogen and oxygen atoms in total. The summed E-state index contributed by atoms with van der Waals surface area (Å²) < 4.78 is 0. The number of hydrogen-bond acceptors (Lipinski definition) is 3. The fourth-order valence-corrected chi connectivity index (χ4v) is 2.57. The summed E-state index contributed by atoms with van der Waals surface area (Å²) in [6, 6.07) is 21.0. The molecule has 0 aliphatic rings. The Morgan fingerprint density at radius 2 is 1.65 bits per heavy atom. The van der Waals surface area contributed by atoms with E-state index >= 15 is 0 Å². The summed E-state index contributed by atoms with van der Waals surface area (Å²) in [6.45, 7) is 0. The molecule has 0 saturated heterocycles. The van der Waals surface area contributed by atoms with Crippen LogP contribution in [0.1, 0.15) is 15.9 Å². The van der Waals surface area contributed by atoms with Crippen molar-refractivity contribution in [2.45, 2.75) is 0 Å². The second-order valence-corrected chi connectivity index (χ2v) is 5.57. The van der Waals surface area contributed by atoms with Gasteiger partial charge in [-0.3, -0.25) is 4.79 Å². The summed E-state index contributed by atoms with van der Waals surface area (Å²) in [5.41, 5.74) is 1.27. The van der Waals surface area contributed by atoms with E-state index in [0.717, 1.165) is 16.3 Å². The predicted molar refractivity (Wildman–Crippen MR) is 99.6 cm³/mol. The summed E-state index contributed by atoms with van der Waals surface area (Å²) in [6.07, 6.45) is 1.54. The van der Waals surface area contributed by atoms with Gasteiger partial charge in [0, 0.05) is 5.69 Å². The van der Waals surface area contributed by atoms with Crippen molar-refractivity contribution < 1.29 is 14.7 Å². The number of hydrogen-bond donors (Lipinski definition) is 2. The summed E-state index contributed by atoms with van der Waals surface area (Å²) >= 11 is 0. The van der Waals surface area contributed by atoms with Crippen molar-refractivity contribution in [1.82, 2.24) is 0 Å². The third-order valence-electron chi connectivity index (χ3n) is 3.88. The molecule has 0 aromatic heterocycles. The van der Waals surface area contributed by atoms with Gasteiger partial charge in [-0.1, -0.05) is 42.5 Å². The smallest absolute Gasteiger partial charge is 0.335 e. The summed E-state index contributed by atoms with van der Waals surface area (Å²) in [5, 5.41) is 22.8. The number of benzene rings is 3. The van der Waals surface area contributed by atoms with Gasteiger partial charge < -0.3 is 10.4 Å². The van der Waals surface area contributed by atoms with Crippen molar-refractivity contribution in [2.75, 3.05) is 5.32 Å². The number of nitriles is 1. The van der Waals surface area contributed by atoms with Crippen LogP contribution < -0.4 is 5.32 Å². The molecule has 5 heteroatoms. The first-order chi connectivity index (χ1) is 12.6. The first-order valence-corrected chi connectivity index (χ1v) is 7.83. The Morgan fingerprint density at radius 3 is 2.35 bits per heavy atom. The second kappa shape index (κ2) is 7.32. The number of carboxylic acids is 1. The molecule has 0 saturated carbocycles. The lowest BCUT2D eigenvalue weighted by atomic mass is 10.0. The molecule has 0 spiro atoms. The highest BCUT2D eigenvalue weighted by molar-refractivity contribution is 6.10. The normalized spacial score (nSPS) is 11.0. The zero-order valence-electron chi connectivity index (χ0n) is 13.6. The van der Waals surface area contributed by atoms with Crippen molar-refractivity contribution >= 4 is 34.4 Å². The number of fused-ring (bicyclic) bond motifs is 1. The van der Waals surface area contributed by atoms with Crippen LogP contribution in [0.15, 0.2) is 72.3 Å². The highest BCUT2D eigenvalue weighted by Crippen LogP contribution is 2.21. The Hall–Kier alpha value is -3.91. The van der Waals surface area contributed by atoms with Crippen LogP contribution in [0, 0.1) is 11.3 Å². The van der Waals surface area contributed by atoms with E-state index in [4.69, 9.17) is 5.11 Å². The molecule has 0 aliphatic carbocycles. The van der Waals surface area contributed by atoms with Gasteiger partial charge in [0.15, 0.2) is 0 Å². The quantitative estimate of drug-likeness (QED) is 0.552. The molecule has 0 radical (unpaired) electrons. The van der Waals surface area contributed by atoms with Gasteiger partial charge in [0.05, 0.1) is 5.56 Å². The Morgan fingerprint density at radius 1 is 0.962 bits per heavy atom. The van der Waals surface area contributed by atoms with Crippen molar-refractivity contribution in [3.8, 4) is 6.07 Å². The highest BCUT2D eigenvalue weighted by Gasteiger charge is 2.11. The van der Waals surface area contributed by atoms with Gasteiger partial charge in [0.1, 0.15) is 11.6 Å². The first kappa shape index (κ1) is 16.9. The lowest BCUT2D eigenvalue weighted by molar-refractivity contribution is -0.112. The zero-order chi connectivity index (χ0) is 18.5. The van der Waals surface area contributed by atoms with Crippen LogP contribution in [0.25, 0.3) is 16.8 Å². The number of anilines is 1. The van der Waals surface area contributed by atoms with E-state index in [0.29, 0.717) is 5.69 Å². The van der Waals surface area contributed by atoms with E-state index in [1.165, 1.54) is 24.3 Å². The summed E-state index contributed by atoms with van der Waals surface area (Å²) in [7, 11) is 0. The monoisotopic (exact) mass is 342 g/mol. The molecule has 3 rings (SSSR count). The van der Waals surface area contributed by atoms with E-state index in [2.05, 4.69) is 5.32 Å². The molecule has 0 atom stereocenters. The standard InChI is InChI=1S/C21H14N2O3/c22-13-17(12-16-6-3-5-14-4-1-2-7-19(14)16)20(24)23-18-10-8-15(9-11-18)21(25)26/h1-12H,(H,23,24)(H,25,26). The molecular weight excluding hydrogens is 328 g/mol. The van der Waals surface area contributed by atoms with E-state index < -0.39 is 11.9 Å². The van der Waals surface area contributed by atoms with Crippen LogP contribution in [-0.2, 0) is 4.79 Å². The van der Waals surface area contributed by atoms with Crippen molar-refractivity contribution in [2.24, 2.45) is 0 Å². The molecule has 0 fully saturated rings. The molecule has 126 valence electrons. The van der Waals surface area contributed by atoms with Crippen LogP contribution in [0.4, 0.5) is 5.69 Å². The number of carboxylic acid groups (broad SMARTS) is 1. The largest absolute Gasteiger partial charge is 0.478 e. The van der Waals surface area contributed by atoms with Crippen molar-refractivity contribution in [3.05, 3.63) is 83.4 Å². The second-order valence-electron chi connectivity index (χ2n) is 5.57. The number of amides is 1. The third kappa shape index (κ3) is 3.60. The van der Waals surface area contributed by atoms with Crippen molar-refractivity contribution in [3.63, 3.8) is 0 Å². The third-order valence-corrected chi connectivity index (χ3v) is 3.88. The van der Waals surface area contributed by atoms with Crippen LogP contribution in [0.2, 0.25) is 0 Å². The van der Waals surface area contributed by atoms with Crippen LogP contribution in [-0.4, -0.2) is 17.0 Å². The van der Waals surface area contributed by atoms with Gasteiger partial charge in [-0.05, 0) is 46.7 Å². The minimum atomic E-state index is -1.04. The molecule has 2 N–H and O–H groups in total. The maximum Gasteiger partial charge on any atom is 0.335 e. The fraction of sp³-hybridized carbons (Fsp3) is 0. The Bertz CT molecular complexity index is 1060. The molecule has 0 aliphatic heterocycles. The van der Waals surface area contributed by atoms with Gasteiger partial charge in [0.25, 0.3) is 5.91 Å². The lowest BCUT2D eigenvalue weighted by Gasteiger charge is -2.06. The molecule has 0 unspecified atom stereocenters. The van der Waals surface area contributed by atoms with Crippen molar-refractivity contribution in [1.29, 1.82) is 5.26 Å². The van der Waals surface area contributed by atoms with E-state index in [9.17, 15) is 14.9 Å². The topological polar surface area (TPSA) is 90.2 Å². The maximum atomic E-state index is 12.4. The van der Waals surface area contributed by atoms with Crippen LogP contribution in [0.3, 0.4) is 0 Å². The summed E-state index contributed by atoms with van der Waals surface area (Å²) in [5.74, 6) is -1.60. The van der Waals surface area contributed by atoms with E-state index in [1.54, 1.807) is 6.08 Å². The number of carbonyl (C=O) groups is 2. The first-order valence-electron chi connectivity index (χ1n) is 7.83. The number of nitrogens with zero attached hydrogens (tertiary/aromatic N) is 1. The van der Waals surface area contributed by atoms with Crippen LogP contribution in [0.5, 0.6) is 0 Å². The van der Waals surface area contributed by atoms with Gasteiger partial charge in [-0.2, -0.15) is 5.26 Å². The SMILES string of the molecule is N#CC(=Cc1cccc2ccccc12)C(=O)Nc1ccc(C(=O)O)cc1. The minimum absolute atomic E-state index is 0.0383. The van der Waals surface area contributed by atoms with Crippen LogP contribution >= 0.6 is 0 Å². The Kier molecular flexibility index (Phi) is 4.77. The lowest BCUT2D eigenvalue weighted by Crippen LogP contribution is -2.13. The molecule has 3 aromatic rings. The number of carbonyl (C=O) groups excluding carboxylic acids is 1. The van der Waals surface area contributed by atoms with Gasteiger partial charge in [0.2, 0.25) is 0 Å². The summed E-state index contributed by atoms with van der Waals surface area (Å²) in [4.78, 5) is 23.2. The average Bonchev–Trinajstić information content (AvgIpc) is 2.66. The Balaban J connectivity index is 1.88. The minimum Gasteiger partial charge on any atom is -0.478 e. The molecule has 1 amide bonds. The van der Waals surface area contributed by atoms with E-state index in [1.807, 2.05) is 48.5 Å². The van der Waals surface area contributed by atoms with Gasteiger partial charge >= 0.3 is 5.97 Å². The predicted octanol–water partition coefficient (Wildman–Crippen LogP) is 4.08. The van der Waals surface area contributed by atoms with Gasteiger partial charge in [-0.15, -0.1) is 0 Å². The van der Waals surface area contributed by atoms with E-state index in [-0.39, 0.29) is 11.1 Å². The Labute approximate surface area is 149 Å². The molecule has 26 heavy (non-hydrogen) atoms. The number of rotatable bonds is 4. The molecule has 3 aromatic carbocycles. The van der Waals surface area contributed by atoms with Gasteiger partial charge in [-0.25, -0.2) is 4.79 Å². The highest BCUT2D eigenvalue weighted by atomic mass is 16.4.